The van der Waals surface area contributed by atoms with E-state index in [1.807, 2.05) is 6.92 Å². The molecule has 2 fully saturated rings. The first-order valence-corrected chi connectivity index (χ1v) is 9.48. The van der Waals surface area contributed by atoms with Crippen molar-refractivity contribution in [1.29, 1.82) is 0 Å². The molecule has 1 saturated carbocycles. The van der Waals surface area contributed by atoms with Gasteiger partial charge in [-0.05, 0) is 38.1 Å². The van der Waals surface area contributed by atoms with Crippen molar-refractivity contribution < 1.29 is 8.42 Å². The maximum atomic E-state index is 12.9. The highest BCUT2D eigenvalue weighted by Crippen LogP contribution is 2.31. The van der Waals surface area contributed by atoms with Crippen LogP contribution >= 0.6 is 0 Å². The number of rotatable bonds is 5. The first-order valence-electron chi connectivity index (χ1n) is 8.08. The largest absolute Gasteiger partial charge is 0.330 e. The summed E-state index contributed by atoms with van der Waals surface area (Å²) in [5.41, 5.74) is 5.87. The van der Waals surface area contributed by atoms with Crippen molar-refractivity contribution in [1.82, 2.24) is 8.61 Å². The van der Waals surface area contributed by atoms with E-state index in [2.05, 4.69) is 0 Å². The summed E-state index contributed by atoms with van der Waals surface area (Å²) in [6, 6.07) is 0.102. The Bertz CT molecular complexity index is 393. The predicted octanol–water partition coefficient (Wildman–Crippen LogP) is 1.56. The molecule has 5 nitrogen and oxygen atoms in total. The minimum Gasteiger partial charge on any atom is -0.330 e. The first-order chi connectivity index (χ1) is 9.61. The van der Waals surface area contributed by atoms with Crippen molar-refractivity contribution in [2.75, 3.05) is 26.2 Å². The van der Waals surface area contributed by atoms with Gasteiger partial charge in [0.2, 0.25) is 0 Å². The summed E-state index contributed by atoms with van der Waals surface area (Å²) in [4.78, 5) is 0. The highest BCUT2D eigenvalue weighted by molar-refractivity contribution is 7.86. The van der Waals surface area contributed by atoms with Gasteiger partial charge in [-0.1, -0.05) is 26.2 Å². The Morgan fingerprint density at radius 1 is 1.10 bits per heavy atom. The number of piperidine rings is 1. The van der Waals surface area contributed by atoms with Crippen LogP contribution in [0.1, 0.15) is 51.9 Å². The van der Waals surface area contributed by atoms with Crippen LogP contribution in [0.4, 0.5) is 0 Å². The Labute approximate surface area is 123 Å². The summed E-state index contributed by atoms with van der Waals surface area (Å²) in [7, 11) is -3.31. The zero-order chi connectivity index (χ0) is 14.6. The van der Waals surface area contributed by atoms with Gasteiger partial charge in [-0.2, -0.15) is 17.0 Å². The Balaban J connectivity index is 2.16. The standard InChI is InChI=1S/C14H29N3O2S/c1-2-17(14-9-5-4-8-13(14)12-15)20(18,19)16-10-6-3-7-11-16/h13-14H,2-12,15H2,1H3. The van der Waals surface area contributed by atoms with Gasteiger partial charge in [0.05, 0.1) is 0 Å². The Kier molecular flexibility index (Phi) is 5.84. The molecule has 0 amide bonds. The molecule has 2 unspecified atom stereocenters. The molecular weight excluding hydrogens is 274 g/mol. The van der Waals surface area contributed by atoms with Crippen LogP contribution < -0.4 is 5.73 Å². The van der Waals surface area contributed by atoms with E-state index in [9.17, 15) is 8.42 Å². The molecule has 0 radical (unpaired) electrons. The number of nitrogens with two attached hydrogens (primary N) is 1. The maximum Gasteiger partial charge on any atom is 0.282 e. The van der Waals surface area contributed by atoms with Gasteiger partial charge in [0.1, 0.15) is 0 Å². The van der Waals surface area contributed by atoms with Gasteiger partial charge in [-0.15, -0.1) is 0 Å². The molecule has 2 rings (SSSR count). The fourth-order valence-corrected chi connectivity index (χ4v) is 5.62. The Morgan fingerprint density at radius 3 is 2.35 bits per heavy atom. The molecular formula is C14H29N3O2S. The molecule has 0 bridgehead atoms. The first kappa shape index (κ1) is 16.2. The van der Waals surface area contributed by atoms with E-state index in [-0.39, 0.29) is 6.04 Å². The molecule has 2 N–H and O–H groups in total. The third-order valence-corrected chi connectivity index (χ3v) is 6.93. The van der Waals surface area contributed by atoms with Crippen LogP contribution in [0.15, 0.2) is 0 Å². The minimum atomic E-state index is -3.31. The second-order valence-electron chi connectivity index (χ2n) is 6.02. The molecule has 1 aliphatic carbocycles. The molecule has 0 aromatic rings. The maximum absolute atomic E-state index is 12.9. The van der Waals surface area contributed by atoms with Crippen molar-refractivity contribution in [3.8, 4) is 0 Å². The average Bonchev–Trinajstić information content (AvgIpc) is 2.49. The second-order valence-corrected chi connectivity index (χ2v) is 7.90. The lowest BCUT2D eigenvalue weighted by Gasteiger charge is -2.41. The lowest BCUT2D eigenvalue weighted by molar-refractivity contribution is 0.174. The van der Waals surface area contributed by atoms with Crippen LogP contribution in [0, 0.1) is 5.92 Å². The average molecular weight is 303 g/mol. The van der Waals surface area contributed by atoms with Gasteiger partial charge in [0.25, 0.3) is 10.2 Å². The summed E-state index contributed by atoms with van der Waals surface area (Å²) in [6.07, 6.45) is 7.44. The number of nitrogens with zero attached hydrogens (tertiary/aromatic N) is 2. The van der Waals surface area contributed by atoms with Crippen molar-refractivity contribution in [3.63, 3.8) is 0 Å². The fourth-order valence-electron chi connectivity index (χ4n) is 3.65. The third-order valence-electron chi connectivity index (χ3n) is 4.79. The Morgan fingerprint density at radius 2 is 1.75 bits per heavy atom. The number of hydrogen-bond donors (Lipinski definition) is 1. The van der Waals surface area contributed by atoms with E-state index >= 15 is 0 Å². The van der Waals surface area contributed by atoms with E-state index in [0.29, 0.717) is 32.1 Å². The number of hydrogen-bond acceptors (Lipinski definition) is 3. The summed E-state index contributed by atoms with van der Waals surface area (Å²) in [5, 5.41) is 0. The van der Waals surface area contributed by atoms with Gasteiger partial charge in [-0.3, -0.25) is 0 Å². The molecule has 1 heterocycles. The zero-order valence-electron chi connectivity index (χ0n) is 12.6. The third kappa shape index (κ3) is 3.35. The zero-order valence-corrected chi connectivity index (χ0v) is 13.4. The normalized spacial score (nSPS) is 29.8. The molecule has 2 aliphatic rings. The van der Waals surface area contributed by atoms with Crippen molar-refractivity contribution in [2.45, 2.75) is 57.9 Å². The van der Waals surface area contributed by atoms with E-state index in [1.165, 1.54) is 6.42 Å². The molecule has 1 saturated heterocycles. The van der Waals surface area contributed by atoms with Crippen LogP contribution in [0.3, 0.4) is 0 Å². The van der Waals surface area contributed by atoms with E-state index < -0.39 is 10.2 Å². The highest BCUT2D eigenvalue weighted by Gasteiger charge is 2.38. The van der Waals surface area contributed by atoms with Crippen molar-refractivity contribution >= 4 is 10.2 Å². The van der Waals surface area contributed by atoms with E-state index in [1.54, 1.807) is 8.61 Å². The SMILES string of the molecule is CCN(C1CCCCC1CN)S(=O)(=O)N1CCCCC1. The smallest absolute Gasteiger partial charge is 0.282 e. The molecule has 2 atom stereocenters. The van der Waals surface area contributed by atoms with Gasteiger partial charge in [0.15, 0.2) is 0 Å². The van der Waals surface area contributed by atoms with Gasteiger partial charge in [-0.25, -0.2) is 0 Å². The fraction of sp³-hybridized carbons (Fsp3) is 1.00. The van der Waals surface area contributed by atoms with Gasteiger partial charge >= 0.3 is 0 Å². The van der Waals surface area contributed by atoms with E-state index in [4.69, 9.17) is 5.73 Å². The van der Waals surface area contributed by atoms with Crippen molar-refractivity contribution in [2.24, 2.45) is 11.7 Å². The molecule has 0 aromatic carbocycles. The quantitative estimate of drug-likeness (QED) is 0.838. The predicted molar refractivity (Wildman–Crippen MR) is 81.5 cm³/mol. The van der Waals surface area contributed by atoms with Gasteiger partial charge < -0.3 is 5.73 Å². The summed E-state index contributed by atoms with van der Waals surface area (Å²) in [5.74, 6) is 0.322. The summed E-state index contributed by atoms with van der Waals surface area (Å²) in [6.45, 7) is 4.46. The molecule has 0 aromatic heterocycles. The molecule has 118 valence electrons. The van der Waals surface area contributed by atoms with Gasteiger partial charge in [0, 0.05) is 25.7 Å². The van der Waals surface area contributed by atoms with Crippen LogP contribution in [0.25, 0.3) is 0 Å². The van der Waals surface area contributed by atoms with Crippen LogP contribution in [0.2, 0.25) is 0 Å². The lowest BCUT2D eigenvalue weighted by atomic mass is 9.84. The van der Waals surface area contributed by atoms with E-state index in [0.717, 1.165) is 38.5 Å². The minimum absolute atomic E-state index is 0.102. The summed E-state index contributed by atoms with van der Waals surface area (Å²) < 4.78 is 29.2. The van der Waals surface area contributed by atoms with Crippen LogP contribution in [-0.4, -0.2) is 49.2 Å². The van der Waals surface area contributed by atoms with Crippen molar-refractivity contribution in [3.05, 3.63) is 0 Å². The second kappa shape index (κ2) is 7.20. The molecule has 0 spiro atoms. The highest BCUT2D eigenvalue weighted by atomic mass is 32.2. The summed E-state index contributed by atoms with van der Waals surface area (Å²) >= 11 is 0. The topological polar surface area (TPSA) is 66.6 Å². The lowest BCUT2D eigenvalue weighted by Crippen LogP contribution is -2.53. The molecule has 20 heavy (non-hydrogen) atoms. The monoisotopic (exact) mass is 303 g/mol. The molecule has 6 heteroatoms. The Hall–Kier alpha value is -0.170. The molecule has 1 aliphatic heterocycles. The van der Waals surface area contributed by atoms with Crippen LogP contribution in [0.5, 0.6) is 0 Å². The van der Waals surface area contributed by atoms with Crippen LogP contribution in [-0.2, 0) is 10.2 Å².